The number of hydrogen-bond acceptors (Lipinski definition) is 3. The van der Waals surface area contributed by atoms with E-state index in [1.54, 1.807) is 10.4 Å². The minimum Gasteiger partial charge on any atom is -0.309 e. The second-order valence-electron chi connectivity index (χ2n) is 5.77. The van der Waals surface area contributed by atoms with Gasteiger partial charge in [0.25, 0.3) is 0 Å². The van der Waals surface area contributed by atoms with E-state index in [4.69, 9.17) is 0 Å². The zero-order valence-electron chi connectivity index (χ0n) is 12.3. The molecule has 0 amide bonds. The lowest BCUT2D eigenvalue weighted by atomic mass is 10.1. The first-order valence-electron chi connectivity index (χ1n) is 7.22. The molecule has 112 valence electrons. The predicted molar refractivity (Wildman–Crippen MR) is 84.8 cm³/mol. The molecule has 2 atom stereocenters. The van der Waals surface area contributed by atoms with Gasteiger partial charge in [0, 0.05) is 30.6 Å². The van der Waals surface area contributed by atoms with Crippen LogP contribution in [0.2, 0.25) is 0 Å². The van der Waals surface area contributed by atoms with E-state index in [1.807, 2.05) is 50.2 Å². The van der Waals surface area contributed by atoms with Gasteiger partial charge in [-0.05, 0) is 25.3 Å². The zero-order chi connectivity index (χ0) is 15.0. The van der Waals surface area contributed by atoms with E-state index in [2.05, 4.69) is 5.32 Å². The summed E-state index contributed by atoms with van der Waals surface area (Å²) >= 11 is 0. The van der Waals surface area contributed by atoms with E-state index >= 15 is 0 Å². The number of nitrogens with one attached hydrogen (secondary N) is 1. The van der Waals surface area contributed by atoms with Gasteiger partial charge in [-0.2, -0.15) is 4.31 Å². The molecule has 0 saturated carbocycles. The van der Waals surface area contributed by atoms with Crippen LogP contribution in [0.1, 0.15) is 13.8 Å². The maximum atomic E-state index is 13.0. The van der Waals surface area contributed by atoms with Crippen molar-refractivity contribution in [1.29, 1.82) is 0 Å². The smallest absolute Gasteiger partial charge is 0.243 e. The first-order valence-corrected chi connectivity index (χ1v) is 8.66. The Morgan fingerprint density at radius 1 is 1.00 bits per heavy atom. The van der Waals surface area contributed by atoms with Gasteiger partial charge in [0.1, 0.15) is 0 Å². The average Bonchev–Trinajstić information content (AvgIpc) is 2.45. The zero-order valence-corrected chi connectivity index (χ0v) is 13.1. The number of piperazine rings is 1. The Balaban J connectivity index is 2.08. The van der Waals surface area contributed by atoms with Crippen molar-refractivity contribution >= 4 is 20.8 Å². The van der Waals surface area contributed by atoms with E-state index in [-0.39, 0.29) is 12.1 Å². The second kappa shape index (κ2) is 5.40. The first-order chi connectivity index (χ1) is 9.98. The normalized spacial score (nSPS) is 24.3. The van der Waals surface area contributed by atoms with E-state index < -0.39 is 10.0 Å². The van der Waals surface area contributed by atoms with Gasteiger partial charge in [-0.1, -0.05) is 36.4 Å². The highest BCUT2D eigenvalue weighted by Gasteiger charge is 2.32. The Bertz CT molecular complexity index is 742. The summed E-state index contributed by atoms with van der Waals surface area (Å²) < 4.78 is 27.6. The minimum absolute atomic E-state index is 0.165. The van der Waals surface area contributed by atoms with Crippen molar-refractivity contribution in [1.82, 2.24) is 9.62 Å². The SMILES string of the molecule is CC1CN(S(=O)(=O)c2cccc3ccccc23)CC(C)N1. The third kappa shape index (κ3) is 2.69. The fourth-order valence-electron chi connectivity index (χ4n) is 3.03. The van der Waals surface area contributed by atoms with Gasteiger partial charge < -0.3 is 5.32 Å². The molecule has 0 spiro atoms. The van der Waals surface area contributed by atoms with Crippen molar-refractivity contribution in [3.8, 4) is 0 Å². The monoisotopic (exact) mass is 304 g/mol. The van der Waals surface area contributed by atoms with Gasteiger partial charge in [-0.15, -0.1) is 0 Å². The van der Waals surface area contributed by atoms with Crippen LogP contribution in [0.15, 0.2) is 47.4 Å². The van der Waals surface area contributed by atoms with Crippen LogP contribution in [0, 0.1) is 0 Å². The molecule has 2 unspecified atom stereocenters. The fraction of sp³-hybridized carbons (Fsp3) is 0.375. The molecule has 1 heterocycles. The van der Waals surface area contributed by atoms with E-state index in [0.29, 0.717) is 18.0 Å². The molecule has 0 aliphatic carbocycles. The van der Waals surface area contributed by atoms with Crippen LogP contribution in [-0.4, -0.2) is 37.9 Å². The van der Waals surface area contributed by atoms with Gasteiger partial charge >= 0.3 is 0 Å². The van der Waals surface area contributed by atoms with Crippen molar-refractivity contribution in [3.05, 3.63) is 42.5 Å². The highest BCUT2D eigenvalue weighted by Crippen LogP contribution is 2.26. The van der Waals surface area contributed by atoms with Crippen LogP contribution < -0.4 is 5.32 Å². The molecule has 1 fully saturated rings. The second-order valence-corrected chi connectivity index (χ2v) is 7.67. The average molecular weight is 304 g/mol. The number of hydrogen-bond donors (Lipinski definition) is 1. The van der Waals surface area contributed by atoms with Gasteiger partial charge in [-0.25, -0.2) is 8.42 Å². The molecule has 2 aromatic carbocycles. The standard InChI is InChI=1S/C16H20N2O2S/c1-12-10-18(11-13(2)17-12)21(19,20)16-9-5-7-14-6-3-4-8-15(14)16/h3-9,12-13,17H,10-11H2,1-2H3. The van der Waals surface area contributed by atoms with Crippen LogP contribution in [0.3, 0.4) is 0 Å². The van der Waals surface area contributed by atoms with Crippen LogP contribution >= 0.6 is 0 Å². The molecule has 1 aliphatic rings. The van der Waals surface area contributed by atoms with Crippen molar-refractivity contribution in [3.63, 3.8) is 0 Å². The number of fused-ring (bicyclic) bond motifs is 1. The van der Waals surface area contributed by atoms with Gasteiger partial charge in [0.05, 0.1) is 4.90 Å². The highest BCUT2D eigenvalue weighted by molar-refractivity contribution is 7.89. The number of rotatable bonds is 2. The summed E-state index contributed by atoms with van der Waals surface area (Å²) in [4.78, 5) is 0.405. The van der Waals surface area contributed by atoms with Crippen LogP contribution in [0.25, 0.3) is 10.8 Å². The fourth-order valence-corrected chi connectivity index (χ4v) is 4.86. The largest absolute Gasteiger partial charge is 0.309 e. The Morgan fingerprint density at radius 3 is 2.33 bits per heavy atom. The van der Waals surface area contributed by atoms with E-state index in [9.17, 15) is 8.42 Å². The summed E-state index contributed by atoms with van der Waals surface area (Å²) in [6.07, 6.45) is 0. The molecule has 4 nitrogen and oxygen atoms in total. The summed E-state index contributed by atoms with van der Waals surface area (Å²) in [6, 6.07) is 13.4. The number of benzene rings is 2. The summed E-state index contributed by atoms with van der Waals surface area (Å²) in [6.45, 7) is 5.05. The molecule has 21 heavy (non-hydrogen) atoms. The van der Waals surface area contributed by atoms with Gasteiger partial charge in [0.2, 0.25) is 10.0 Å². The number of nitrogens with zero attached hydrogens (tertiary/aromatic N) is 1. The molecule has 1 saturated heterocycles. The molecule has 1 aliphatic heterocycles. The molecular weight excluding hydrogens is 284 g/mol. The lowest BCUT2D eigenvalue weighted by Crippen LogP contribution is -2.55. The summed E-state index contributed by atoms with van der Waals surface area (Å²) in [5.41, 5.74) is 0. The third-order valence-corrected chi connectivity index (χ3v) is 5.78. The summed E-state index contributed by atoms with van der Waals surface area (Å²) in [5, 5.41) is 5.11. The lowest BCUT2D eigenvalue weighted by Gasteiger charge is -2.35. The summed E-state index contributed by atoms with van der Waals surface area (Å²) in [7, 11) is -3.46. The van der Waals surface area contributed by atoms with Crippen molar-refractivity contribution in [2.45, 2.75) is 30.8 Å². The van der Waals surface area contributed by atoms with Gasteiger partial charge in [0.15, 0.2) is 0 Å². The van der Waals surface area contributed by atoms with Crippen LogP contribution in [0.5, 0.6) is 0 Å². The predicted octanol–water partition coefficient (Wildman–Crippen LogP) is 2.21. The van der Waals surface area contributed by atoms with Crippen molar-refractivity contribution in [2.75, 3.05) is 13.1 Å². The molecule has 1 N–H and O–H groups in total. The Kier molecular flexibility index (Phi) is 3.73. The maximum absolute atomic E-state index is 13.0. The Hall–Kier alpha value is -1.43. The van der Waals surface area contributed by atoms with E-state index in [0.717, 1.165) is 10.8 Å². The minimum atomic E-state index is -3.46. The molecule has 2 aromatic rings. The molecule has 0 bridgehead atoms. The highest BCUT2D eigenvalue weighted by atomic mass is 32.2. The molecule has 0 radical (unpaired) electrons. The third-order valence-electron chi connectivity index (χ3n) is 3.89. The van der Waals surface area contributed by atoms with Crippen LogP contribution in [0.4, 0.5) is 0 Å². The Morgan fingerprint density at radius 2 is 1.62 bits per heavy atom. The molecule has 5 heteroatoms. The quantitative estimate of drug-likeness (QED) is 0.925. The first kappa shape index (κ1) is 14.5. The van der Waals surface area contributed by atoms with Crippen LogP contribution in [-0.2, 0) is 10.0 Å². The number of sulfonamides is 1. The maximum Gasteiger partial charge on any atom is 0.243 e. The molecule has 0 aromatic heterocycles. The molecular formula is C16H20N2O2S. The topological polar surface area (TPSA) is 49.4 Å². The van der Waals surface area contributed by atoms with Gasteiger partial charge in [-0.3, -0.25) is 0 Å². The van der Waals surface area contributed by atoms with Crippen molar-refractivity contribution in [2.24, 2.45) is 0 Å². The Labute approximate surface area is 125 Å². The van der Waals surface area contributed by atoms with Crippen molar-refractivity contribution < 1.29 is 8.42 Å². The van der Waals surface area contributed by atoms with E-state index in [1.165, 1.54) is 0 Å². The lowest BCUT2D eigenvalue weighted by molar-refractivity contribution is 0.263. The molecule has 3 rings (SSSR count). The summed E-state index contributed by atoms with van der Waals surface area (Å²) in [5.74, 6) is 0.